The van der Waals surface area contributed by atoms with E-state index in [1.54, 1.807) is 4.90 Å². The topological polar surface area (TPSA) is 78.5 Å². The van der Waals surface area contributed by atoms with Crippen LogP contribution < -0.4 is 15.5 Å². The standard InChI is InChI=1S/C25H31N3O3/c1-18-11-5-7-13-21(18)27-24(31)25(15-9-4-10-16-25)28(23(30)17-26-20(3)29)22-14-8-6-12-19(22)2/h5-8,11-14H,4,9-10,15-17H2,1-3H3,(H,26,29)(H,27,31). The minimum absolute atomic E-state index is 0.150. The summed E-state index contributed by atoms with van der Waals surface area (Å²) in [7, 11) is 0. The number of rotatable bonds is 6. The van der Waals surface area contributed by atoms with Gasteiger partial charge in [-0.2, -0.15) is 0 Å². The summed E-state index contributed by atoms with van der Waals surface area (Å²) >= 11 is 0. The zero-order valence-corrected chi connectivity index (χ0v) is 18.5. The van der Waals surface area contributed by atoms with Crippen molar-refractivity contribution >= 4 is 29.1 Å². The average molecular weight is 422 g/mol. The number of carbonyl (C=O) groups is 3. The molecule has 1 fully saturated rings. The molecule has 6 nitrogen and oxygen atoms in total. The van der Waals surface area contributed by atoms with Gasteiger partial charge in [-0.25, -0.2) is 0 Å². The first kappa shape index (κ1) is 22.5. The summed E-state index contributed by atoms with van der Waals surface area (Å²) in [5.41, 5.74) is 2.32. The minimum atomic E-state index is -1.01. The Balaban J connectivity index is 2.06. The van der Waals surface area contributed by atoms with Crippen LogP contribution in [-0.4, -0.2) is 29.8 Å². The van der Waals surface area contributed by atoms with Crippen LogP contribution in [0.3, 0.4) is 0 Å². The number of carbonyl (C=O) groups excluding carboxylic acids is 3. The van der Waals surface area contributed by atoms with E-state index in [0.29, 0.717) is 18.5 Å². The summed E-state index contributed by atoms with van der Waals surface area (Å²) in [6.07, 6.45) is 3.89. The molecule has 0 bridgehead atoms. The molecule has 0 spiro atoms. The highest BCUT2D eigenvalue weighted by Crippen LogP contribution is 2.39. The van der Waals surface area contributed by atoms with E-state index in [4.69, 9.17) is 0 Å². The van der Waals surface area contributed by atoms with Gasteiger partial charge in [-0.15, -0.1) is 0 Å². The van der Waals surface area contributed by atoms with E-state index < -0.39 is 5.54 Å². The van der Waals surface area contributed by atoms with Crippen molar-refractivity contribution in [1.82, 2.24) is 5.32 Å². The van der Waals surface area contributed by atoms with E-state index in [2.05, 4.69) is 10.6 Å². The van der Waals surface area contributed by atoms with E-state index in [1.165, 1.54) is 6.92 Å². The largest absolute Gasteiger partial charge is 0.347 e. The molecule has 0 atom stereocenters. The smallest absolute Gasteiger partial charge is 0.250 e. The highest BCUT2D eigenvalue weighted by atomic mass is 16.2. The van der Waals surface area contributed by atoms with Gasteiger partial charge < -0.3 is 10.6 Å². The summed E-state index contributed by atoms with van der Waals surface area (Å²) in [6, 6.07) is 15.2. The second-order valence-corrected chi connectivity index (χ2v) is 8.29. The monoisotopic (exact) mass is 421 g/mol. The van der Waals surface area contributed by atoms with Crippen LogP contribution in [0.15, 0.2) is 48.5 Å². The van der Waals surface area contributed by atoms with E-state index in [9.17, 15) is 14.4 Å². The number of nitrogens with zero attached hydrogens (tertiary/aromatic N) is 1. The van der Waals surface area contributed by atoms with Crippen molar-refractivity contribution in [3.05, 3.63) is 59.7 Å². The van der Waals surface area contributed by atoms with Gasteiger partial charge in [-0.3, -0.25) is 19.3 Å². The van der Waals surface area contributed by atoms with Crippen LogP contribution >= 0.6 is 0 Å². The van der Waals surface area contributed by atoms with E-state index >= 15 is 0 Å². The molecule has 3 amide bonds. The Kier molecular flexibility index (Phi) is 7.10. The van der Waals surface area contributed by atoms with Crippen molar-refractivity contribution in [3.63, 3.8) is 0 Å². The third-order valence-corrected chi connectivity index (χ3v) is 6.02. The van der Waals surface area contributed by atoms with Gasteiger partial charge in [-0.1, -0.05) is 55.7 Å². The van der Waals surface area contributed by atoms with Crippen LogP contribution in [0.2, 0.25) is 0 Å². The maximum atomic E-state index is 13.8. The van der Waals surface area contributed by atoms with Crippen LogP contribution in [-0.2, 0) is 14.4 Å². The second kappa shape index (κ2) is 9.77. The number of hydrogen-bond acceptors (Lipinski definition) is 3. The number of amides is 3. The van der Waals surface area contributed by atoms with Crippen LogP contribution in [0, 0.1) is 13.8 Å². The van der Waals surface area contributed by atoms with Gasteiger partial charge in [0.25, 0.3) is 5.91 Å². The van der Waals surface area contributed by atoms with Gasteiger partial charge in [0.1, 0.15) is 5.54 Å². The Morgan fingerprint density at radius 3 is 2.13 bits per heavy atom. The van der Waals surface area contributed by atoms with Gasteiger partial charge in [0.15, 0.2) is 0 Å². The highest BCUT2D eigenvalue weighted by Gasteiger charge is 2.48. The zero-order chi connectivity index (χ0) is 22.4. The van der Waals surface area contributed by atoms with E-state index in [1.807, 2.05) is 62.4 Å². The van der Waals surface area contributed by atoms with Gasteiger partial charge in [-0.05, 0) is 49.9 Å². The van der Waals surface area contributed by atoms with Crippen LogP contribution in [0.4, 0.5) is 11.4 Å². The van der Waals surface area contributed by atoms with Crippen molar-refractivity contribution in [2.24, 2.45) is 0 Å². The Morgan fingerprint density at radius 1 is 0.903 bits per heavy atom. The maximum absolute atomic E-state index is 13.8. The van der Waals surface area contributed by atoms with Crippen molar-refractivity contribution in [1.29, 1.82) is 0 Å². The molecule has 0 heterocycles. The Hall–Kier alpha value is -3.15. The molecule has 0 aliphatic heterocycles. The first-order valence-corrected chi connectivity index (χ1v) is 10.9. The molecule has 6 heteroatoms. The van der Waals surface area contributed by atoms with Crippen molar-refractivity contribution < 1.29 is 14.4 Å². The third-order valence-electron chi connectivity index (χ3n) is 6.02. The summed E-state index contributed by atoms with van der Waals surface area (Å²) in [6.45, 7) is 5.11. The van der Waals surface area contributed by atoms with Crippen LogP contribution in [0.25, 0.3) is 0 Å². The molecule has 0 saturated heterocycles. The molecule has 3 rings (SSSR count). The Labute approximate surface area is 184 Å². The fraction of sp³-hybridized carbons (Fsp3) is 0.400. The van der Waals surface area contributed by atoms with Gasteiger partial charge >= 0.3 is 0 Å². The first-order chi connectivity index (χ1) is 14.8. The lowest BCUT2D eigenvalue weighted by molar-refractivity contribution is -0.128. The summed E-state index contributed by atoms with van der Waals surface area (Å²) in [5.74, 6) is -0.743. The SMILES string of the molecule is CC(=O)NCC(=O)N(c1ccccc1C)C1(C(=O)Nc2ccccc2C)CCCCC1. The Bertz CT molecular complexity index is 964. The number of benzene rings is 2. The maximum Gasteiger partial charge on any atom is 0.250 e. The molecule has 31 heavy (non-hydrogen) atoms. The lowest BCUT2D eigenvalue weighted by Gasteiger charge is -2.45. The molecule has 0 unspecified atom stereocenters. The summed E-state index contributed by atoms with van der Waals surface area (Å²) in [5, 5.41) is 5.70. The fourth-order valence-corrected chi connectivity index (χ4v) is 4.34. The number of nitrogens with one attached hydrogen (secondary N) is 2. The molecule has 0 radical (unpaired) electrons. The second-order valence-electron chi connectivity index (χ2n) is 8.29. The number of anilines is 2. The number of hydrogen-bond donors (Lipinski definition) is 2. The number of para-hydroxylation sites is 2. The van der Waals surface area contributed by atoms with Crippen molar-refractivity contribution in [2.75, 3.05) is 16.8 Å². The average Bonchev–Trinajstić information content (AvgIpc) is 2.76. The van der Waals surface area contributed by atoms with Crippen molar-refractivity contribution in [3.8, 4) is 0 Å². The third kappa shape index (κ3) is 4.95. The van der Waals surface area contributed by atoms with Crippen molar-refractivity contribution in [2.45, 2.75) is 58.4 Å². The molecule has 2 N–H and O–H groups in total. The van der Waals surface area contributed by atoms with Gasteiger partial charge in [0.2, 0.25) is 11.8 Å². The Morgan fingerprint density at radius 2 is 1.52 bits per heavy atom. The molecule has 2 aromatic rings. The molecule has 2 aromatic carbocycles. The lowest BCUT2D eigenvalue weighted by atomic mass is 9.78. The predicted octanol–water partition coefficient (Wildman–Crippen LogP) is 4.11. The van der Waals surface area contributed by atoms with E-state index in [-0.39, 0.29) is 24.3 Å². The molecular weight excluding hydrogens is 390 g/mol. The van der Waals surface area contributed by atoms with Crippen LogP contribution in [0.1, 0.15) is 50.2 Å². The minimum Gasteiger partial charge on any atom is -0.347 e. The van der Waals surface area contributed by atoms with E-state index in [0.717, 1.165) is 36.1 Å². The van der Waals surface area contributed by atoms with Crippen LogP contribution in [0.5, 0.6) is 0 Å². The quantitative estimate of drug-likeness (QED) is 0.737. The molecular formula is C25H31N3O3. The predicted molar refractivity (Wildman–Crippen MR) is 123 cm³/mol. The van der Waals surface area contributed by atoms with Gasteiger partial charge in [0, 0.05) is 18.3 Å². The fourth-order valence-electron chi connectivity index (χ4n) is 4.34. The molecule has 1 saturated carbocycles. The first-order valence-electron chi connectivity index (χ1n) is 10.9. The molecule has 1 aliphatic carbocycles. The zero-order valence-electron chi connectivity index (χ0n) is 18.5. The molecule has 0 aromatic heterocycles. The normalized spacial score (nSPS) is 15.1. The van der Waals surface area contributed by atoms with Gasteiger partial charge in [0.05, 0.1) is 6.54 Å². The molecule has 1 aliphatic rings. The number of aryl methyl sites for hydroxylation is 2. The summed E-state index contributed by atoms with van der Waals surface area (Å²) < 4.78 is 0. The molecule has 164 valence electrons. The lowest BCUT2D eigenvalue weighted by Crippen LogP contribution is -2.62. The highest BCUT2D eigenvalue weighted by molar-refractivity contribution is 6.09. The summed E-state index contributed by atoms with van der Waals surface area (Å²) in [4.78, 5) is 40.4.